The molecule has 2 heteroatoms. The van der Waals surface area contributed by atoms with Gasteiger partial charge in [-0.1, -0.05) is 31.7 Å². The summed E-state index contributed by atoms with van der Waals surface area (Å²) in [6.07, 6.45) is 3.49. The van der Waals surface area contributed by atoms with Gasteiger partial charge in [-0.3, -0.25) is 5.73 Å². The van der Waals surface area contributed by atoms with E-state index < -0.39 is 0 Å². The summed E-state index contributed by atoms with van der Waals surface area (Å²) in [6, 6.07) is 2.64. The molecule has 0 aromatic heterocycles. The molecule has 0 aromatic rings. The van der Waals surface area contributed by atoms with Crippen LogP contribution in [-0.2, 0) is 0 Å². The van der Waals surface area contributed by atoms with Gasteiger partial charge in [0.15, 0.2) is 0 Å². The summed E-state index contributed by atoms with van der Waals surface area (Å²) in [6.45, 7) is 7.79. The third-order valence-electron chi connectivity index (χ3n) is 1.67. The lowest BCUT2D eigenvalue weighted by Gasteiger charge is -2.02. The van der Waals surface area contributed by atoms with Gasteiger partial charge >= 0.3 is 12.2 Å². The lowest BCUT2D eigenvalue weighted by Crippen LogP contribution is -2.18. The van der Waals surface area contributed by atoms with E-state index in [-0.39, 0.29) is 6.17 Å². The van der Waals surface area contributed by atoms with Crippen molar-refractivity contribution in [3.8, 4) is 6.07 Å². The first-order chi connectivity index (χ1) is 5.20. The number of nitrogens with zero attached hydrogens (tertiary/aromatic N) is 1. The van der Waals surface area contributed by atoms with Crippen LogP contribution in [0.15, 0.2) is 12.7 Å². The number of hydrogen-bond donors (Lipinski definition) is 1. The summed E-state index contributed by atoms with van der Waals surface area (Å²) in [7, 11) is 0. The minimum absolute atomic E-state index is 0.108. The first kappa shape index (κ1) is 10.2. The van der Waals surface area contributed by atoms with Gasteiger partial charge in [-0.25, -0.2) is 0 Å². The zero-order valence-electron chi connectivity index (χ0n) is 7.38. The fourth-order valence-corrected chi connectivity index (χ4v) is 0.780. The Morgan fingerprint density at radius 3 is 2.82 bits per heavy atom. The van der Waals surface area contributed by atoms with Crippen LogP contribution in [-0.4, -0.2) is 6.17 Å². The SMILES string of the molecule is C=CC#[N+]C(N)CC(C)CC. The molecule has 2 atom stereocenters. The van der Waals surface area contributed by atoms with Crippen LogP contribution >= 0.6 is 0 Å². The van der Waals surface area contributed by atoms with Crippen molar-refractivity contribution in [2.24, 2.45) is 11.7 Å². The van der Waals surface area contributed by atoms with Crippen LogP contribution < -0.4 is 5.73 Å². The van der Waals surface area contributed by atoms with Gasteiger partial charge in [0, 0.05) is 6.42 Å². The van der Waals surface area contributed by atoms with Crippen LogP contribution in [0.3, 0.4) is 0 Å². The highest BCUT2D eigenvalue weighted by Crippen LogP contribution is 2.08. The molecule has 2 nitrogen and oxygen atoms in total. The second kappa shape index (κ2) is 5.94. The van der Waals surface area contributed by atoms with Crippen LogP contribution in [0.4, 0.5) is 0 Å². The first-order valence-electron chi connectivity index (χ1n) is 4.02. The molecule has 0 aromatic carbocycles. The van der Waals surface area contributed by atoms with E-state index >= 15 is 0 Å². The smallest absolute Gasteiger partial charge is 0.257 e. The third kappa shape index (κ3) is 5.63. The Hall–Kier alpha value is -0.810. The molecule has 0 heterocycles. The minimum Gasteiger partial charge on any atom is -0.257 e. The van der Waals surface area contributed by atoms with Crippen LogP contribution in [0.2, 0.25) is 0 Å². The van der Waals surface area contributed by atoms with Crippen molar-refractivity contribution >= 4 is 0 Å². The van der Waals surface area contributed by atoms with Gasteiger partial charge in [0.25, 0.3) is 0 Å². The van der Waals surface area contributed by atoms with Crippen LogP contribution in [0, 0.1) is 12.0 Å². The summed E-state index contributed by atoms with van der Waals surface area (Å²) in [5.41, 5.74) is 5.66. The Kier molecular flexibility index (Phi) is 5.50. The van der Waals surface area contributed by atoms with Gasteiger partial charge in [0.05, 0.1) is 6.08 Å². The molecule has 0 aliphatic rings. The topological polar surface area (TPSA) is 30.4 Å². The summed E-state index contributed by atoms with van der Waals surface area (Å²) in [5.74, 6) is 0.639. The maximum atomic E-state index is 5.66. The lowest BCUT2D eigenvalue weighted by atomic mass is 10.0. The molecule has 0 rings (SSSR count). The average molecular weight is 153 g/mol. The van der Waals surface area contributed by atoms with Gasteiger partial charge in [-0.05, 0) is 5.92 Å². The number of hydrogen-bond acceptors (Lipinski definition) is 1. The number of rotatable bonds is 3. The minimum atomic E-state index is -0.108. The van der Waals surface area contributed by atoms with Crippen molar-refractivity contribution in [1.82, 2.24) is 0 Å². The van der Waals surface area contributed by atoms with Gasteiger partial charge in [-0.2, -0.15) is 0 Å². The molecule has 62 valence electrons. The van der Waals surface area contributed by atoms with E-state index in [4.69, 9.17) is 5.73 Å². The summed E-state index contributed by atoms with van der Waals surface area (Å²) in [5, 5.41) is 0. The maximum Gasteiger partial charge on any atom is 0.324 e. The van der Waals surface area contributed by atoms with Crippen LogP contribution in [0.25, 0.3) is 4.85 Å². The Morgan fingerprint density at radius 2 is 2.36 bits per heavy atom. The van der Waals surface area contributed by atoms with E-state index in [0.717, 1.165) is 12.8 Å². The molecule has 0 saturated carbocycles. The van der Waals surface area contributed by atoms with Gasteiger partial charge in [0.1, 0.15) is 0 Å². The molecule has 2 N–H and O–H groups in total. The van der Waals surface area contributed by atoms with E-state index in [9.17, 15) is 0 Å². The number of nitrogens with two attached hydrogens (primary N) is 1. The molecule has 0 saturated heterocycles. The van der Waals surface area contributed by atoms with Gasteiger partial charge in [-0.15, -0.1) is 0 Å². The van der Waals surface area contributed by atoms with E-state index in [0.29, 0.717) is 5.92 Å². The predicted molar refractivity (Wildman–Crippen MR) is 49.5 cm³/mol. The monoisotopic (exact) mass is 153 g/mol. The van der Waals surface area contributed by atoms with Crippen molar-refractivity contribution < 1.29 is 0 Å². The normalized spacial score (nSPS) is 14.5. The Bertz CT molecular complexity index is 164. The molecule has 0 radical (unpaired) electrons. The summed E-state index contributed by atoms with van der Waals surface area (Å²) >= 11 is 0. The Balaban J connectivity index is 3.67. The highest BCUT2D eigenvalue weighted by Gasteiger charge is 2.12. The van der Waals surface area contributed by atoms with Crippen LogP contribution in [0.1, 0.15) is 26.7 Å². The number of allylic oxidation sites excluding steroid dienone is 1. The Morgan fingerprint density at radius 1 is 1.73 bits per heavy atom. The molecule has 11 heavy (non-hydrogen) atoms. The van der Waals surface area contributed by atoms with Gasteiger partial charge in [0.2, 0.25) is 0 Å². The first-order valence-corrected chi connectivity index (χ1v) is 4.02. The van der Waals surface area contributed by atoms with E-state index in [2.05, 4.69) is 31.3 Å². The quantitative estimate of drug-likeness (QED) is 0.619. The summed E-state index contributed by atoms with van der Waals surface area (Å²) < 4.78 is 0. The fraction of sp³-hybridized carbons (Fsp3) is 0.667. The molecule has 2 unspecified atom stereocenters. The fourth-order valence-electron chi connectivity index (χ4n) is 0.780. The zero-order valence-corrected chi connectivity index (χ0v) is 7.38. The third-order valence-corrected chi connectivity index (χ3v) is 1.67. The van der Waals surface area contributed by atoms with Crippen molar-refractivity contribution in [3.05, 3.63) is 17.5 Å². The molecular weight excluding hydrogens is 136 g/mol. The standard InChI is InChI=1S/C9H17N2/c1-4-6-11-9(10)7-8(3)5-2/h4,8-9H,1,5,7,10H2,2-3H3/q+1. The molecular formula is C9H17N2+. The summed E-state index contributed by atoms with van der Waals surface area (Å²) in [4.78, 5) is 3.94. The lowest BCUT2D eigenvalue weighted by molar-refractivity contribution is 0.487. The molecule has 0 aliphatic carbocycles. The second-order valence-corrected chi connectivity index (χ2v) is 2.78. The van der Waals surface area contributed by atoms with Crippen molar-refractivity contribution in [2.75, 3.05) is 0 Å². The van der Waals surface area contributed by atoms with E-state index in [1.165, 1.54) is 6.08 Å². The highest BCUT2D eigenvalue weighted by molar-refractivity contribution is 5.05. The highest BCUT2D eigenvalue weighted by atomic mass is 14.9. The van der Waals surface area contributed by atoms with Crippen molar-refractivity contribution in [1.29, 1.82) is 0 Å². The maximum absolute atomic E-state index is 5.66. The zero-order chi connectivity index (χ0) is 8.69. The van der Waals surface area contributed by atoms with Crippen molar-refractivity contribution in [2.45, 2.75) is 32.9 Å². The van der Waals surface area contributed by atoms with E-state index in [1.54, 1.807) is 0 Å². The van der Waals surface area contributed by atoms with Crippen LogP contribution in [0.5, 0.6) is 0 Å². The van der Waals surface area contributed by atoms with E-state index in [1.807, 2.05) is 0 Å². The molecule has 0 bridgehead atoms. The molecule has 0 spiro atoms. The average Bonchev–Trinajstić information content (AvgIpc) is 2.00. The molecule has 0 amide bonds. The van der Waals surface area contributed by atoms with Crippen molar-refractivity contribution in [3.63, 3.8) is 0 Å². The van der Waals surface area contributed by atoms with Gasteiger partial charge < -0.3 is 0 Å². The predicted octanol–water partition coefficient (Wildman–Crippen LogP) is 2.23. The Labute approximate surface area is 68.9 Å². The second-order valence-electron chi connectivity index (χ2n) is 2.78. The molecule has 0 fully saturated rings. The molecule has 0 aliphatic heterocycles. The largest absolute Gasteiger partial charge is 0.324 e.